The first-order chi connectivity index (χ1) is 9.65. The van der Waals surface area contributed by atoms with E-state index in [-0.39, 0.29) is 0 Å². The average molecular weight is 350 g/mol. The molecular formula is C14H10BrClN4. The molecule has 4 nitrogen and oxygen atoms in total. The summed E-state index contributed by atoms with van der Waals surface area (Å²) in [5.74, 6) is 2.02. The minimum absolute atomic E-state index is 0.476. The summed E-state index contributed by atoms with van der Waals surface area (Å²) in [5.41, 5.74) is 1.25. The van der Waals surface area contributed by atoms with Gasteiger partial charge in [0.1, 0.15) is 16.2 Å². The molecule has 0 unspecified atom stereocenters. The summed E-state index contributed by atoms with van der Waals surface area (Å²) >= 11 is 9.54. The number of hydrogen-bond acceptors (Lipinski definition) is 4. The van der Waals surface area contributed by atoms with E-state index in [0.29, 0.717) is 22.3 Å². The average Bonchev–Trinajstić information content (AvgIpc) is 3.25. The van der Waals surface area contributed by atoms with E-state index in [1.165, 1.54) is 0 Å². The highest BCUT2D eigenvalue weighted by atomic mass is 79.9. The summed E-state index contributed by atoms with van der Waals surface area (Å²) in [6.45, 7) is 0. The third-order valence-corrected chi connectivity index (χ3v) is 3.73. The Balaban J connectivity index is 1.89. The molecule has 1 heterocycles. The number of halogens is 2. The molecule has 2 aromatic rings. The Labute approximate surface area is 129 Å². The van der Waals surface area contributed by atoms with Crippen molar-refractivity contribution in [2.24, 2.45) is 0 Å². The Hall–Kier alpha value is -1.64. The van der Waals surface area contributed by atoms with Crippen LogP contribution < -0.4 is 5.32 Å². The van der Waals surface area contributed by atoms with Crippen molar-refractivity contribution in [2.45, 2.75) is 18.8 Å². The van der Waals surface area contributed by atoms with Crippen LogP contribution >= 0.6 is 27.5 Å². The molecular weight excluding hydrogens is 340 g/mol. The van der Waals surface area contributed by atoms with E-state index in [0.717, 1.165) is 29.0 Å². The standard InChI is InChI=1S/C14H10BrClN4/c15-12-6-13(20-14(19-12)9-2-3-9)18-11-4-1-8(7-17)5-10(11)16/h1,4-6,9H,2-3H2,(H,18,19,20). The van der Waals surface area contributed by atoms with E-state index < -0.39 is 0 Å². The smallest absolute Gasteiger partial charge is 0.135 e. The van der Waals surface area contributed by atoms with Gasteiger partial charge in [-0.1, -0.05) is 11.6 Å². The van der Waals surface area contributed by atoms with E-state index in [1.54, 1.807) is 24.3 Å². The van der Waals surface area contributed by atoms with Gasteiger partial charge in [0.25, 0.3) is 0 Å². The van der Waals surface area contributed by atoms with Crippen molar-refractivity contribution in [3.8, 4) is 6.07 Å². The molecule has 1 aromatic carbocycles. The van der Waals surface area contributed by atoms with Crippen LogP contribution in [0.25, 0.3) is 0 Å². The summed E-state index contributed by atoms with van der Waals surface area (Å²) in [4.78, 5) is 8.88. The zero-order chi connectivity index (χ0) is 14.1. The van der Waals surface area contributed by atoms with Crippen LogP contribution in [0.1, 0.15) is 30.1 Å². The molecule has 1 fully saturated rings. The Bertz CT molecular complexity index is 707. The molecule has 1 aromatic heterocycles. The largest absolute Gasteiger partial charge is 0.339 e. The van der Waals surface area contributed by atoms with Gasteiger partial charge in [-0.3, -0.25) is 0 Å². The van der Waals surface area contributed by atoms with Crippen LogP contribution in [-0.2, 0) is 0 Å². The van der Waals surface area contributed by atoms with Crippen molar-refractivity contribution >= 4 is 39.0 Å². The van der Waals surface area contributed by atoms with Gasteiger partial charge >= 0.3 is 0 Å². The second kappa shape index (κ2) is 5.39. The first-order valence-corrected chi connectivity index (χ1v) is 7.34. The van der Waals surface area contributed by atoms with Gasteiger partial charge in [-0.15, -0.1) is 0 Å². The summed E-state index contributed by atoms with van der Waals surface area (Å²) < 4.78 is 0.752. The van der Waals surface area contributed by atoms with Crippen molar-refractivity contribution in [3.63, 3.8) is 0 Å². The summed E-state index contributed by atoms with van der Waals surface area (Å²) in [5, 5.41) is 12.5. The number of hydrogen-bond donors (Lipinski definition) is 1. The van der Waals surface area contributed by atoms with Crippen molar-refractivity contribution < 1.29 is 0 Å². The molecule has 1 saturated carbocycles. The van der Waals surface area contributed by atoms with E-state index in [2.05, 4.69) is 37.3 Å². The maximum Gasteiger partial charge on any atom is 0.135 e. The van der Waals surface area contributed by atoms with Crippen molar-refractivity contribution in [1.29, 1.82) is 5.26 Å². The maximum absolute atomic E-state index is 8.83. The number of aromatic nitrogens is 2. The van der Waals surface area contributed by atoms with Gasteiger partial charge in [0, 0.05) is 12.0 Å². The minimum atomic E-state index is 0.476. The summed E-state index contributed by atoms with van der Waals surface area (Å²) in [6.07, 6.45) is 2.29. The molecule has 20 heavy (non-hydrogen) atoms. The highest BCUT2D eigenvalue weighted by molar-refractivity contribution is 9.10. The van der Waals surface area contributed by atoms with Gasteiger partial charge in [0.2, 0.25) is 0 Å². The molecule has 1 aliphatic carbocycles. The number of rotatable bonds is 3. The van der Waals surface area contributed by atoms with Crippen molar-refractivity contribution in [3.05, 3.63) is 45.3 Å². The third kappa shape index (κ3) is 2.92. The Morgan fingerprint density at radius 3 is 2.75 bits per heavy atom. The zero-order valence-electron chi connectivity index (χ0n) is 10.4. The molecule has 0 spiro atoms. The van der Waals surface area contributed by atoms with Gasteiger partial charge in [-0.2, -0.15) is 5.26 Å². The lowest BCUT2D eigenvalue weighted by atomic mass is 10.2. The van der Waals surface area contributed by atoms with Crippen LogP contribution in [0.3, 0.4) is 0 Å². The molecule has 0 aliphatic heterocycles. The Kier molecular flexibility index (Phi) is 3.60. The Morgan fingerprint density at radius 1 is 1.30 bits per heavy atom. The van der Waals surface area contributed by atoms with Crippen LogP contribution in [0, 0.1) is 11.3 Å². The van der Waals surface area contributed by atoms with E-state index in [4.69, 9.17) is 16.9 Å². The van der Waals surface area contributed by atoms with Gasteiger partial charge in [-0.05, 0) is 47.0 Å². The fourth-order valence-electron chi connectivity index (χ4n) is 1.85. The highest BCUT2D eigenvalue weighted by Gasteiger charge is 2.27. The molecule has 3 rings (SSSR count). The van der Waals surface area contributed by atoms with Gasteiger partial charge in [0.05, 0.1) is 22.3 Å². The molecule has 6 heteroatoms. The first kappa shape index (κ1) is 13.3. The minimum Gasteiger partial charge on any atom is -0.339 e. The predicted molar refractivity (Wildman–Crippen MR) is 81.2 cm³/mol. The summed E-state index contributed by atoms with van der Waals surface area (Å²) in [7, 11) is 0. The molecule has 0 bridgehead atoms. The molecule has 0 atom stereocenters. The second-order valence-electron chi connectivity index (χ2n) is 4.64. The summed E-state index contributed by atoms with van der Waals surface area (Å²) in [6, 6.07) is 8.97. The van der Waals surface area contributed by atoms with Crippen molar-refractivity contribution in [2.75, 3.05) is 5.32 Å². The molecule has 1 N–H and O–H groups in total. The van der Waals surface area contributed by atoms with Crippen LogP contribution in [0.4, 0.5) is 11.5 Å². The lowest BCUT2D eigenvalue weighted by molar-refractivity contribution is 0.919. The SMILES string of the molecule is N#Cc1ccc(Nc2cc(Br)nc(C3CC3)n2)c(Cl)c1. The molecule has 100 valence electrons. The molecule has 0 radical (unpaired) electrons. The monoisotopic (exact) mass is 348 g/mol. The lowest BCUT2D eigenvalue weighted by Crippen LogP contribution is -2.00. The van der Waals surface area contributed by atoms with Crippen LogP contribution in [0.15, 0.2) is 28.9 Å². The highest BCUT2D eigenvalue weighted by Crippen LogP contribution is 2.39. The first-order valence-electron chi connectivity index (χ1n) is 6.17. The van der Waals surface area contributed by atoms with Gasteiger partial charge < -0.3 is 5.32 Å². The van der Waals surface area contributed by atoms with Crippen LogP contribution in [0.5, 0.6) is 0 Å². The molecule has 1 aliphatic rings. The van der Waals surface area contributed by atoms with Crippen LogP contribution in [-0.4, -0.2) is 9.97 Å². The fraction of sp³-hybridized carbons (Fsp3) is 0.214. The zero-order valence-corrected chi connectivity index (χ0v) is 12.7. The predicted octanol–water partition coefficient (Wildman–Crippen LogP) is 4.39. The second-order valence-corrected chi connectivity index (χ2v) is 5.86. The third-order valence-electron chi connectivity index (χ3n) is 3.02. The van der Waals surface area contributed by atoms with Crippen LogP contribution in [0.2, 0.25) is 5.02 Å². The normalized spacial score (nSPS) is 13.8. The number of nitriles is 1. The number of anilines is 2. The number of benzene rings is 1. The van der Waals surface area contributed by atoms with Gasteiger partial charge in [-0.25, -0.2) is 9.97 Å². The van der Waals surface area contributed by atoms with E-state index in [9.17, 15) is 0 Å². The van der Waals surface area contributed by atoms with E-state index >= 15 is 0 Å². The quantitative estimate of drug-likeness (QED) is 0.835. The number of nitrogens with one attached hydrogen (secondary N) is 1. The maximum atomic E-state index is 8.83. The fourth-order valence-corrected chi connectivity index (χ4v) is 2.47. The van der Waals surface area contributed by atoms with Gasteiger partial charge in [0.15, 0.2) is 0 Å². The molecule has 0 saturated heterocycles. The van der Waals surface area contributed by atoms with Crippen molar-refractivity contribution in [1.82, 2.24) is 9.97 Å². The topological polar surface area (TPSA) is 61.6 Å². The number of nitrogens with zero attached hydrogens (tertiary/aromatic N) is 3. The lowest BCUT2D eigenvalue weighted by Gasteiger charge is -2.09. The Morgan fingerprint density at radius 2 is 2.10 bits per heavy atom. The molecule has 0 amide bonds. The van der Waals surface area contributed by atoms with E-state index in [1.807, 2.05) is 0 Å².